The second-order valence-corrected chi connectivity index (χ2v) is 15.3. The number of methoxy groups -OCH3 is 1. The largest absolute Gasteiger partial charge is 0.393 e. The van der Waals surface area contributed by atoms with Crippen molar-refractivity contribution in [1.82, 2.24) is 5.32 Å². The molecule has 6 heteroatoms. The Hall–Kier alpha value is -0.620. The first kappa shape index (κ1) is 27.9. The summed E-state index contributed by atoms with van der Waals surface area (Å²) in [7, 11) is 1.85. The van der Waals surface area contributed by atoms with E-state index in [1.54, 1.807) is 11.3 Å². The van der Waals surface area contributed by atoms with E-state index < -0.39 is 0 Å². The summed E-state index contributed by atoms with van der Waals surface area (Å²) in [5.41, 5.74) is 0.559. The van der Waals surface area contributed by atoms with E-state index in [0.717, 1.165) is 34.9 Å². The lowest BCUT2D eigenvalue weighted by molar-refractivity contribution is -0.176. The Balaban J connectivity index is 1.26. The van der Waals surface area contributed by atoms with Crippen molar-refractivity contribution in [1.29, 1.82) is 0 Å². The predicted octanol–water partition coefficient (Wildman–Crippen LogP) is 7.64. The minimum atomic E-state index is -0.191. The Morgan fingerprint density at radius 1 is 1.16 bits per heavy atom. The molecule has 0 bridgehead atoms. The summed E-state index contributed by atoms with van der Waals surface area (Å²) in [6.07, 6.45) is 10.9. The van der Waals surface area contributed by atoms with Gasteiger partial charge in [0.05, 0.1) is 22.6 Å². The Labute approximate surface area is 233 Å². The molecule has 1 aromatic heterocycles. The number of rotatable bonds is 7. The Kier molecular flexibility index (Phi) is 8.11. The average molecular weight is 550 g/mol. The topological polar surface area (TPSA) is 58.6 Å². The van der Waals surface area contributed by atoms with Gasteiger partial charge in [-0.1, -0.05) is 39.3 Å². The highest BCUT2D eigenvalue weighted by atomic mass is 35.5. The third-order valence-electron chi connectivity index (χ3n) is 11.9. The van der Waals surface area contributed by atoms with Gasteiger partial charge in [-0.05, 0) is 116 Å². The fourth-order valence-corrected chi connectivity index (χ4v) is 11.1. The second kappa shape index (κ2) is 10.7. The van der Waals surface area contributed by atoms with Crippen molar-refractivity contribution >= 4 is 28.8 Å². The Morgan fingerprint density at radius 3 is 2.57 bits per heavy atom. The van der Waals surface area contributed by atoms with Gasteiger partial charge in [-0.3, -0.25) is 4.79 Å². The summed E-state index contributed by atoms with van der Waals surface area (Å²) in [6.45, 7) is 9.46. The number of ether oxygens (including phenoxy) is 1. The zero-order chi connectivity index (χ0) is 26.5. The van der Waals surface area contributed by atoms with Crippen LogP contribution in [0.25, 0.3) is 0 Å². The van der Waals surface area contributed by atoms with E-state index in [-0.39, 0.29) is 23.5 Å². The SMILES string of the molecule is CC[C@@H](NC(=O)C[C@@H](C)[C@H]1CC[C@H]2[C@@H]3[C@H](O)C[C@@H]4C[C@H](OC)CC[C@]4(C)[C@H]3CC[C@]12C)c1ccc(Cl)s1. The fourth-order valence-electron chi connectivity index (χ4n) is 9.95. The number of thiophene rings is 1. The highest BCUT2D eigenvalue weighted by Gasteiger charge is 2.63. The number of halogens is 1. The summed E-state index contributed by atoms with van der Waals surface area (Å²) >= 11 is 7.71. The highest BCUT2D eigenvalue weighted by molar-refractivity contribution is 7.16. The van der Waals surface area contributed by atoms with Crippen LogP contribution in [0.2, 0.25) is 4.34 Å². The second-order valence-electron chi connectivity index (χ2n) is 13.5. The molecular weight excluding hydrogens is 502 g/mol. The van der Waals surface area contributed by atoms with E-state index in [1.165, 1.54) is 32.1 Å². The Bertz CT molecular complexity index is 968. The first-order valence-corrected chi connectivity index (χ1v) is 16.1. The first-order valence-electron chi connectivity index (χ1n) is 14.9. The van der Waals surface area contributed by atoms with Crippen molar-refractivity contribution in [3.8, 4) is 0 Å². The molecular formula is C31H48ClNO3S. The molecule has 5 rings (SSSR count). The summed E-state index contributed by atoms with van der Waals surface area (Å²) in [5, 5.41) is 14.9. The number of aliphatic hydroxyl groups is 1. The van der Waals surface area contributed by atoms with Gasteiger partial charge in [-0.15, -0.1) is 11.3 Å². The molecule has 4 aliphatic carbocycles. The van der Waals surface area contributed by atoms with Crippen LogP contribution in [-0.4, -0.2) is 30.3 Å². The van der Waals surface area contributed by atoms with E-state index in [4.69, 9.17) is 16.3 Å². The molecule has 0 unspecified atom stereocenters. The van der Waals surface area contributed by atoms with Gasteiger partial charge < -0.3 is 15.2 Å². The molecule has 11 atom stereocenters. The normalized spacial score (nSPS) is 42.8. The lowest BCUT2D eigenvalue weighted by Gasteiger charge is -2.62. The van der Waals surface area contributed by atoms with Gasteiger partial charge in [0.15, 0.2) is 0 Å². The molecule has 4 saturated carbocycles. The van der Waals surface area contributed by atoms with Crippen molar-refractivity contribution in [2.75, 3.05) is 7.11 Å². The predicted molar refractivity (Wildman–Crippen MR) is 152 cm³/mol. The number of aliphatic hydroxyl groups excluding tert-OH is 1. The quantitative estimate of drug-likeness (QED) is 0.367. The third-order valence-corrected chi connectivity index (χ3v) is 13.3. The van der Waals surface area contributed by atoms with E-state index in [1.807, 2.05) is 19.2 Å². The van der Waals surface area contributed by atoms with E-state index >= 15 is 0 Å². The van der Waals surface area contributed by atoms with Gasteiger partial charge in [-0.2, -0.15) is 0 Å². The Morgan fingerprint density at radius 2 is 1.89 bits per heavy atom. The van der Waals surface area contributed by atoms with Gasteiger partial charge in [0.2, 0.25) is 5.91 Å². The number of carbonyl (C=O) groups excluding carboxylic acids is 1. The summed E-state index contributed by atoms with van der Waals surface area (Å²) in [5.74, 6) is 3.24. The molecule has 0 spiro atoms. The van der Waals surface area contributed by atoms with Crippen molar-refractivity contribution in [2.24, 2.45) is 46.3 Å². The molecule has 37 heavy (non-hydrogen) atoms. The first-order chi connectivity index (χ1) is 17.6. The minimum Gasteiger partial charge on any atom is -0.393 e. The average Bonchev–Trinajstić information content (AvgIpc) is 3.45. The number of amides is 1. The van der Waals surface area contributed by atoms with Crippen molar-refractivity contribution in [3.05, 3.63) is 21.3 Å². The number of hydrogen-bond acceptors (Lipinski definition) is 4. The summed E-state index contributed by atoms with van der Waals surface area (Å²) in [4.78, 5) is 14.3. The van der Waals surface area contributed by atoms with Crippen molar-refractivity contribution in [2.45, 2.75) is 110 Å². The van der Waals surface area contributed by atoms with Gasteiger partial charge in [0.25, 0.3) is 0 Å². The zero-order valence-electron chi connectivity index (χ0n) is 23.5. The van der Waals surface area contributed by atoms with Gasteiger partial charge in [0, 0.05) is 18.4 Å². The van der Waals surface area contributed by atoms with Crippen LogP contribution in [0.15, 0.2) is 12.1 Å². The van der Waals surface area contributed by atoms with Gasteiger partial charge in [0.1, 0.15) is 0 Å². The molecule has 0 radical (unpaired) electrons. The van der Waals surface area contributed by atoms with Crippen LogP contribution in [0.4, 0.5) is 0 Å². The van der Waals surface area contributed by atoms with Crippen LogP contribution in [0, 0.1) is 46.3 Å². The standard InChI is InChI=1S/C31H48ClNO3S/c1-6-24(26-9-10-27(32)37-26)33-28(35)15-18(2)21-7-8-22-29-23(12-14-31(21,22)4)30(3)13-11-20(36-5)16-19(30)17-25(29)34/h9-10,18-25,29,34H,6-8,11-17H2,1-5H3,(H,33,35)/t18-,19+,20-,21-,22+,23+,24-,25-,29+,30+,31-/m1/s1. The van der Waals surface area contributed by atoms with Crippen LogP contribution in [0.5, 0.6) is 0 Å². The molecule has 4 aliphatic rings. The van der Waals surface area contributed by atoms with Crippen LogP contribution in [-0.2, 0) is 9.53 Å². The van der Waals surface area contributed by atoms with Crippen LogP contribution >= 0.6 is 22.9 Å². The maximum atomic E-state index is 13.2. The molecule has 4 nitrogen and oxygen atoms in total. The van der Waals surface area contributed by atoms with E-state index in [0.29, 0.717) is 53.4 Å². The maximum Gasteiger partial charge on any atom is 0.220 e. The molecule has 1 amide bonds. The zero-order valence-corrected chi connectivity index (χ0v) is 25.0. The number of carbonyl (C=O) groups is 1. The van der Waals surface area contributed by atoms with E-state index in [9.17, 15) is 9.90 Å². The minimum absolute atomic E-state index is 0.0406. The number of nitrogens with one attached hydrogen (secondary N) is 1. The van der Waals surface area contributed by atoms with Crippen molar-refractivity contribution < 1.29 is 14.6 Å². The molecule has 2 N–H and O–H groups in total. The fraction of sp³-hybridized carbons (Fsp3) is 0.839. The lowest BCUT2D eigenvalue weighted by atomic mass is 9.43. The lowest BCUT2D eigenvalue weighted by Crippen LogP contribution is -2.58. The molecule has 1 heterocycles. The molecule has 1 aromatic rings. The molecule has 208 valence electrons. The third kappa shape index (κ3) is 4.93. The number of fused-ring (bicyclic) bond motifs is 5. The smallest absolute Gasteiger partial charge is 0.220 e. The van der Waals surface area contributed by atoms with Crippen molar-refractivity contribution in [3.63, 3.8) is 0 Å². The molecule has 0 aromatic carbocycles. The van der Waals surface area contributed by atoms with Gasteiger partial charge in [-0.25, -0.2) is 0 Å². The van der Waals surface area contributed by atoms with Gasteiger partial charge >= 0.3 is 0 Å². The summed E-state index contributed by atoms with van der Waals surface area (Å²) < 4.78 is 6.52. The molecule has 0 saturated heterocycles. The maximum absolute atomic E-state index is 13.2. The summed E-state index contributed by atoms with van der Waals surface area (Å²) in [6, 6.07) is 3.99. The molecule has 0 aliphatic heterocycles. The molecule has 4 fully saturated rings. The van der Waals surface area contributed by atoms with Crippen LogP contribution in [0.1, 0.15) is 103 Å². The van der Waals surface area contributed by atoms with Crippen LogP contribution < -0.4 is 5.32 Å². The number of hydrogen-bond donors (Lipinski definition) is 2. The van der Waals surface area contributed by atoms with E-state index in [2.05, 4.69) is 33.0 Å². The monoisotopic (exact) mass is 549 g/mol. The van der Waals surface area contributed by atoms with Crippen LogP contribution in [0.3, 0.4) is 0 Å². The highest BCUT2D eigenvalue weighted by Crippen LogP contribution is 2.68.